The molecular weight excluding hydrogens is 330 g/mol. The van der Waals surface area contributed by atoms with Crippen molar-refractivity contribution >= 4 is 29.0 Å². The highest BCUT2D eigenvalue weighted by Gasteiger charge is 2.31. The molecule has 7 heteroatoms. The molecule has 1 fully saturated rings. The normalized spacial score (nSPS) is 18.4. The van der Waals surface area contributed by atoms with Crippen LogP contribution in [-0.2, 0) is 0 Å². The minimum absolute atomic E-state index is 0.0111. The number of H-pyrrole nitrogens is 1. The fraction of sp³-hybridized carbons (Fsp3) is 0.438. The third-order valence-corrected chi connectivity index (χ3v) is 5.76. The highest BCUT2D eigenvalue weighted by Crippen LogP contribution is 2.31. The quantitative estimate of drug-likeness (QED) is 0.925. The van der Waals surface area contributed by atoms with E-state index in [2.05, 4.69) is 9.97 Å². The van der Waals surface area contributed by atoms with Crippen molar-refractivity contribution in [3.05, 3.63) is 50.3 Å². The van der Waals surface area contributed by atoms with Crippen molar-refractivity contribution in [1.82, 2.24) is 14.9 Å². The van der Waals surface area contributed by atoms with Gasteiger partial charge in [0.15, 0.2) is 0 Å². The number of nitrogens with one attached hydrogen (secondary N) is 1. The summed E-state index contributed by atoms with van der Waals surface area (Å²) in [6.45, 7) is 4.67. The molecule has 1 amide bonds. The fourth-order valence-electron chi connectivity index (χ4n) is 2.62. The second-order valence-corrected chi connectivity index (χ2v) is 7.88. The van der Waals surface area contributed by atoms with Crippen LogP contribution in [0.4, 0.5) is 0 Å². The van der Waals surface area contributed by atoms with E-state index in [4.69, 9.17) is 0 Å². The zero-order valence-electron chi connectivity index (χ0n) is 13.1. The minimum Gasteiger partial charge on any atom is -0.327 e. The summed E-state index contributed by atoms with van der Waals surface area (Å²) in [5, 5.41) is 2.89. The molecule has 2 aromatic rings. The van der Waals surface area contributed by atoms with Gasteiger partial charge in [-0.25, -0.2) is 4.98 Å². The average Bonchev–Trinajstić information content (AvgIpc) is 3.08. The lowest BCUT2D eigenvalue weighted by atomic mass is 10.1. The summed E-state index contributed by atoms with van der Waals surface area (Å²) in [7, 11) is 0. The predicted molar refractivity (Wildman–Crippen MR) is 94.4 cm³/mol. The van der Waals surface area contributed by atoms with Crippen molar-refractivity contribution in [1.29, 1.82) is 0 Å². The number of rotatable bonds is 3. The number of hydrogen-bond acceptors (Lipinski definition) is 5. The van der Waals surface area contributed by atoms with Crippen molar-refractivity contribution in [3.8, 4) is 0 Å². The van der Waals surface area contributed by atoms with Crippen LogP contribution in [0.5, 0.6) is 0 Å². The molecule has 0 aliphatic carbocycles. The van der Waals surface area contributed by atoms with Crippen LogP contribution < -0.4 is 5.56 Å². The van der Waals surface area contributed by atoms with E-state index in [1.807, 2.05) is 35.9 Å². The van der Waals surface area contributed by atoms with Crippen molar-refractivity contribution in [2.24, 2.45) is 0 Å². The van der Waals surface area contributed by atoms with Gasteiger partial charge in [0.1, 0.15) is 5.01 Å². The molecule has 2 aromatic heterocycles. The number of thioether (sulfide) groups is 1. The maximum absolute atomic E-state index is 13.0. The second-order valence-electron chi connectivity index (χ2n) is 5.80. The Balaban J connectivity index is 1.93. The molecule has 0 radical (unpaired) electrons. The SMILES string of the molecule is CC(C)c1cc(C(=O)N2CCSC[C@H]2c2nccs2)cc(=O)[nH]1. The molecule has 1 saturated heterocycles. The summed E-state index contributed by atoms with van der Waals surface area (Å²) in [6.07, 6.45) is 1.77. The van der Waals surface area contributed by atoms with Gasteiger partial charge in [-0.05, 0) is 12.0 Å². The van der Waals surface area contributed by atoms with E-state index in [0.29, 0.717) is 12.1 Å². The summed E-state index contributed by atoms with van der Waals surface area (Å²) in [6, 6.07) is 3.19. The number of aromatic nitrogens is 2. The Hall–Kier alpha value is -1.60. The Morgan fingerprint density at radius 2 is 2.26 bits per heavy atom. The molecule has 0 aromatic carbocycles. The molecule has 0 spiro atoms. The summed E-state index contributed by atoms with van der Waals surface area (Å²) >= 11 is 3.40. The van der Waals surface area contributed by atoms with Gasteiger partial charge in [0, 0.05) is 47.0 Å². The van der Waals surface area contributed by atoms with Gasteiger partial charge in [0.2, 0.25) is 5.56 Å². The van der Waals surface area contributed by atoms with Crippen molar-refractivity contribution < 1.29 is 4.79 Å². The monoisotopic (exact) mass is 349 g/mol. The van der Waals surface area contributed by atoms with Gasteiger partial charge >= 0.3 is 0 Å². The van der Waals surface area contributed by atoms with Gasteiger partial charge in [0.25, 0.3) is 5.91 Å². The van der Waals surface area contributed by atoms with Crippen LogP contribution in [0.25, 0.3) is 0 Å². The van der Waals surface area contributed by atoms with E-state index >= 15 is 0 Å². The lowest BCUT2D eigenvalue weighted by Gasteiger charge is -2.34. The molecule has 1 N–H and O–H groups in total. The van der Waals surface area contributed by atoms with Crippen molar-refractivity contribution in [3.63, 3.8) is 0 Å². The number of carbonyl (C=O) groups excluding carboxylic acids is 1. The average molecular weight is 349 g/mol. The molecule has 1 aliphatic rings. The lowest BCUT2D eigenvalue weighted by Crippen LogP contribution is -2.41. The molecule has 3 rings (SSSR count). The van der Waals surface area contributed by atoms with E-state index in [0.717, 1.165) is 22.2 Å². The Morgan fingerprint density at radius 3 is 2.96 bits per heavy atom. The van der Waals surface area contributed by atoms with Crippen molar-refractivity contribution in [2.75, 3.05) is 18.1 Å². The first-order valence-electron chi connectivity index (χ1n) is 7.58. The molecule has 0 saturated carbocycles. The molecule has 122 valence electrons. The number of thiazole rings is 1. The van der Waals surface area contributed by atoms with Crippen LogP contribution in [0.1, 0.15) is 46.9 Å². The Labute approximate surface area is 143 Å². The predicted octanol–water partition coefficient (Wildman–Crippen LogP) is 2.89. The highest BCUT2D eigenvalue weighted by atomic mass is 32.2. The molecule has 0 unspecified atom stereocenters. The number of carbonyl (C=O) groups is 1. The summed E-state index contributed by atoms with van der Waals surface area (Å²) < 4.78 is 0. The second kappa shape index (κ2) is 6.88. The maximum atomic E-state index is 13.0. The zero-order chi connectivity index (χ0) is 16.4. The van der Waals surface area contributed by atoms with E-state index < -0.39 is 0 Å². The minimum atomic E-state index is -0.225. The summed E-state index contributed by atoms with van der Waals surface area (Å²) in [5.41, 5.74) is 1.03. The van der Waals surface area contributed by atoms with Gasteiger partial charge in [0.05, 0.1) is 6.04 Å². The molecule has 5 nitrogen and oxygen atoms in total. The van der Waals surface area contributed by atoms with Gasteiger partial charge < -0.3 is 9.88 Å². The van der Waals surface area contributed by atoms with Gasteiger partial charge in [-0.1, -0.05) is 13.8 Å². The van der Waals surface area contributed by atoms with E-state index in [1.54, 1.807) is 23.6 Å². The topological polar surface area (TPSA) is 66.1 Å². The fourth-order valence-corrected chi connectivity index (χ4v) is 4.53. The molecule has 1 aliphatic heterocycles. The van der Waals surface area contributed by atoms with Crippen LogP contribution in [0.2, 0.25) is 0 Å². The van der Waals surface area contributed by atoms with E-state index in [9.17, 15) is 9.59 Å². The van der Waals surface area contributed by atoms with E-state index in [-0.39, 0.29) is 23.4 Å². The summed E-state index contributed by atoms with van der Waals surface area (Å²) in [4.78, 5) is 33.9. The smallest absolute Gasteiger partial charge is 0.254 e. The van der Waals surface area contributed by atoms with Crippen LogP contribution in [0.15, 0.2) is 28.5 Å². The molecule has 0 bridgehead atoms. The largest absolute Gasteiger partial charge is 0.327 e. The number of aromatic amines is 1. The zero-order valence-corrected chi connectivity index (χ0v) is 14.7. The van der Waals surface area contributed by atoms with E-state index in [1.165, 1.54) is 6.07 Å². The molecule has 1 atom stereocenters. The number of hydrogen-bond donors (Lipinski definition) is 1. The highest BCUT2D eigenvalue weighted by molar-refractivity contribution is 7.99. The molecular formula is C16H19N3O2S2. The third-order valence-electron chi connectivity index (χ3n) is 3.86. The first kappa shape index (κ1) is 16.3. The summed E-state index contributed by atoms with van der Waals surface area (Å²) in [5.74, 6) is 1.84. The first-order chi connectivity index (χ1) is 11.1. The van der Waals surface area contributed by atoms with Crippen LogP contribution in [-0.4, -0.2) is 38.8 Å². The standard InChI is InChI=1S/C16H19N3O2S2/c1-10(2)12-7-11(8-14(20)18-12)16(21)19-4-6-22-9-13(19)15-17-3-5-23-15/h3,5,7-8,10,13H,4,6,9H2,1-2H3,(H,18,20)/t13-/m0/s1. The lowest BCUT2D eigenvalue weighted by molar-refractivity contribution is 0.0700. The molecule has 3 heterocycles. The Kier molecular flexibility index (Phi) is 4.87. The number of amides is 1. The molecule has 23 heavy (non-hydrogen) atoms. The van der Waals surface area contributed by atoms with Gasteiger partial charge in [-0.3, -0.25) is 9.59 Å². The van der Waals surface area contributed by atoms with Crippen LogP contribution >= 0.6 is 23.1 Å². The Morgan fingerprint density at radius 1 is 1.43 bits per heavy atom. The van der Waals surface area contributed by atoms with Crippen LogP contribution in [0, 0.1) is 0 Å². The first-order valence-corrected chi connectivity index (χ1v) is 9.62. The van der Waals surface area contributed by atoms with Gasteiger partial charge in [-0.2, -0.15) is 11.8 Å². The van der Waals surface area contributed by atoms with Gasteiger partial charge in [-0.15, -0.1) is 11.3 Å². The Bertz CT molecular complexity index is 740. The third kappa shape index (κ3) is 3.50. The number of nitrogens with zero attached hydrogens (tertiary/aromatic N) is 2. The maximum Gasteiger partial charge on any atom is 0.254 e. The number of pyridine rings is 1. The van der Waals surface area contributed by atoms with Crippen LogP contribution in [0.3, 0.4) is 0 Å². The van der Waals surface area contributed by atoms with Crippen molar-refractivity contribution in [2.45, 2.75) is 25.8 Å².